The zero-order chi connectivity index (χ0) is 25.2. The lowest BCUT2D eigenvalue weighted by Crippen LogP contribution is -2.16. The SMILES string of the molecule is Cc1cscc1C(C)OC(=O)Nc1cc(F)sc1-c1ccccc1-c1ccc(OC(=O)C2CC2)cc1. The first kappa shape index (κ1) is 24.2. The van der Waals surface area contributed by atoms with Crippen LogP contribution in [0.4, 0.5) is 14.9 Å². The molecule has 0 spiro atoms. The maximum absolute atomic E-state index is 14.4. The Morgan fingerprint density at radius 2 is 1.78 bits per heavy atom. The Hall–Kier alpha value is -3.49. The molecule has 1 aliphatic carbocycles. The Kier molecular flexibility index (Phi) is 6.89. The zero-order valence-electron chi connectivity index (χ0n) is 19.7. The van der Waals surface area contributed by atoms with Crippen LogP contribution in [0, 0.1) is 18.0 Å². The highest BCUT2D eigenvalue weighted by molar-refractivity contribution is 7.14. The highest BCUT2D eigenvalue weighted by Gasteiger charge is 2.31. The number of ether oxygens (including phenoxy) is 2. The second-order valence-corrected chi connectivity index (χ2v) is 10.5. The fourth-order valence-corrected chi connectivity index (χ4v) is 5.77. The van der Waals surface area contributed by atoms with E-state index in [-0.39, 0.29) is 11.9 Å². The summed E-state index contributed by atoms with van der Waals surface area (Å²) in [6, 6.07) is 16.1. The number of hydrogen-bond donors (Lipinski definition) is 1. The smallest absolute Gasteiger partial charge is 0.412 e. The Labute approximate surface area is 216 Å². The average molecular weight is 522 g/mol. The lowest BCUT2D eigenvalue weighted by Gasteiger charge is -2.15. The van der Waals surface area contributed by atoms with E-state index in [0.717, 1.165) is 52.0 Å². The summed E-state index contributed by atoms with van der Waals surface area (Å²) in [5.74, 6) is 0.327. The lowest BCUT2D eigenvalue weighted by molar-refractivity contribution is -0.135. The van der Waals surface area contributed by atoms with Crippen LogP contribution in [0.2, 0.25) is 0 Å². The molecule has 2 aromatic carbocycles. The maximum atomic E-state index is 14.4. The molecule has 1 saturated carbocycles. The highest BCUT2D eigenvalue weighted by Crippen LogP contribution is 2.42. The van der Waals surface area contributed by atoms with Gasteiger partial charge in [-0.2, -0.15) is 15.7 Å². The number of carbonyl (C=O) groups excluding carboxylic acids is 2. The summed E-state index contributed by atoms with van der Waals surface area (Å²) in [5, 5.41) is 6.26. The number of rotatable bonds is 7. The molecule has 2 heterocycles. The van der Waals surface area contributed by atoms with E-state index in [4.69, 9.17) is 9.47 Å². The van der Waals surface area contributed by atoms with Crippen LogP contribution < -0.4 is 10.1 Å². The molecule has 1 atom stereocenters. The van der Waals surface area contributed by atoms with Gasteiger partial charge in [0.15, 0.2) is 5.13 Å². The standard InChI is InChI=1S/C28H24FNO4S2/c1-16-14-35-15-23(16)17(2)33-28(32)30-24-13-25(29)36-26(24)22-6-4-3-5-21(22)18-9-11-20(12-10-18)34-27(31)19-7-8-19/h3-6,9-15,17,19H,7-8H2,1-2H3,(H,30,32). The van der Waals surface area contributed by atoms with Crippen molar-refractivity contribution >= 4 is 40.4 Å². The van der Waals surface area contributed by atoms with Gasteiger partial charge in [0.1, 0.15) is 11.9 Å². The molecular weight excluding hydrogens is 497 g/mol. The fraction of sp³-hybridized carbons (Fsp3) is 0.214. The van der Waals surface area contributed by atoms with Gasteiger partial charge in [-0.1, -0.05) is 36.4 Å². The molecule has 5 rings (SSSR count). The number of hydrogen-bond acceptors (Lipinski definition) is 6. The number of nitrogens with one attached hydrogen (secondary N) is 1. The van der Waals surface area contributed by atoms with Crippen LogP contribution in [0.5, 0.6) is 5.75 Å². The van der Waals surface area contributed by atoms with Gasteiger partial charge in [0.25, 0.3) is 0 Å². The van der Waals surface area contributed by atoms with Crippen molar-refractivity contribution in [1.82, 2.24) is 0 Å². The molecule has 36 heavy (non-hydrogen) atoms. The molecule has 8 heteroatoms. The molecule has 1 amide bonds. The van der Waals surface area contributed by atoms with Crippen molar-refractivity contribution < 1.29 is 23.5 Å². The first-order valence-electron chi connectivity index (χ1n) is 11.6. The predicted molar refractivity (Wildman–Crippen MR) is 141 cm³/mol. The number of carbonyl (C=O) groups is 2. The minimum atomic E-state index is -0.647. The molecule has 1 fully saturated rings. The number of anilines is 1. The summed E-state index contributed by atoms with van der Waals surface area (Å²) in [6.07, 6.45) is 0.699. The van der Waals surface area contributed by atoms with Crippen LogP contribution in [0.3, 0.4) is 0 Å². The molecule has 5 nitrogen and oxygen atoms in total. The first-order chi connectivity index (χ1) is 17.4. The summed E-state index contributed by atoms with van der Waals surface area (Å²) < 4.78 is 25.4. The Balaban J connectivity index is 1.37. The van der Waals surface area contributed by atoms with Gasteiger partial charge < -0.3 is 9.47 Å². The third kappa shape index (κ3) is 5.34. The van der Waals surface area contributed by atoms with Gasteiger partial charge in [-0.05, 0) is 66.3 Å². The number of amides is 1. The summed E-state index contributed by atoms with van der Waals surface area (Å²) in [5.41, 5.74) is 4.86. The molecule has 2 aromatic heterocycles. The first-order valence-corrected chi connectivity index (χ1v) is 13.4. The third-order valence-corrected chi connectivity index (χ3v) is 7.86. The van der Waals surface area contributed by atoms with E-state index in [2.05, 4.69) is 5.32 Å². The van der Waals surface area contributed by atoms with Gasteiger partial charge in [-0.15, -0.1) is 11.3 Å². The quantitative estimate of drug-likeness (QED) is 0.197. The summed E-state index contributed by atoms with van der Waals surface area (Å²) >= 11 is 2.51. The van der Waals surface area contributed by atoms with E-state index in [1.807, 2.05) is 61.0 Å². The molecule has 1 aliphatic rings. The van der Waals surface area contributed by atoms with Crippen molar-refractivity contribution in [2.24, 2.45) is 5.92 Å². The largest absolute Gasteiger partial charge is 0.441 e. The van der Waals surface area contributed by atoms with Crippen molar-refractivity contribution in [1.29, 1.82) is 0 Å². The minimum absolute atomic E-state index is 0.0222. The average Bonchev–Trinajstić information content (AvgIpc) is 3.53. The van der Waals surface area contributed by atoms with E-state index in [1.54, 1.807) is 23.5 Å². The molecule has 1 unspecified atom stereocenters. The van der Waals surface area contributed by atoms with E-state index in [9.17, 15) is 14.0 Å². The fourth-order valence-electron chi connectivity index (χ4n) is 3.96. The van der Waals surface area contributed by atoms with E-state index in [1.165, 1.54) is 6.07 Å². The van der Waals surface area contributed by atoms with Gasteiger partial charge in [0.05, 0.1) is 16.5 Å². The topological polar surface area (TPSA) is 64.6 Å². The molecule has 184 valence electrons. The normalized spacial score (nSPS) is 13.8. The van der Waals surface area contributed by atoms with Crippen LogP contribution in [0.25, 0.3) is 21.6 Å². The second kappa shape index (κ2) is 10.2. The molecule has 0 saturated heterocycles. The minimum Gasteiger partial charge on any atom is -0.441 e. The van der Waals surface area contributed by atoms with Crippen molar-refractivity contribution in [3.05, 3.63) is 81.6 Å². The van der Waals surface area contributed by atoms with E-state index >= 15 is 0 Å². The van der Waals surface area contributed by atoms with Gasteiger partial charge in [0, 0.05) is 17.2 Å². The van der Waals surface area contributed by atoms with Crippen LogP contribution in [0.1, 0.15) is 37.0 Å². The molecule has 0 aliphatic heterocycles. The zero-order valence-corrected chi connectivity index (χ0v) is 21.4. The number of thiophene rings is 2. The van der Waals surface area contributed by atoms with Crippen molar-refractivity contribution in [3.63, 3.8) is 0 Å². The van der Waals surface area contributed by atoms with Crippen LogP contribution in [-0.2, 0) is 9.53 Å². The summed E-state index contributed by atoms with van der Waals surface area (Å²) in [4.78, 5) is 25.2. The van der Waals surface area contributed by atoms with Crippen LogP contribution >= 0.6 is 22.7 Å². The highest BCUT2D eigenvalue weighted by atomic mass is 32.1. The molecule has 1 N–H and O–H groups in total. The number of aryl methyl sites for hydroxylation is 1. The number of esters is 1. The number of halogens is 1. The van der Waals surface area contributed by atoms with Gasteiger partial charge in [-0.3, -0.25) is 10.1 Å². The van der Waals surface area contributed by atoms with Gasteiger partial charge >= 0.3 is 12.1 Å². The van der Waals surface area contributed by atoms with Crippen LogP contribution in [0.15, 0.2) is 65.4 Å². The predicted octanol–water partition coefficient (Wildman–Crippen LogP) is 8.22. The molecule has 4 aromatic rings. The molecular formula is C28H24FNO4S2. The lowest BCUT2D eigenvalue weighted by atomic mass is 9.98. The van der Waals surface area contributed by atoms with Gasteiger partial charge in [-0.25, -0.2) is 4.79 Å². The maximum Gasteiger partial charge on any atom is 0.412 e. The Bertz CT molecular complexity index is 1410. The molecule has 0 bridgehead atoms. The van der Waals surface area contributed by atoms with Gasteiger partial charge in [0.2, 0.25) is 0 Å². The number of benzene rings is 2. The summed E-state index contributed by atoms with van der Waals surface area (Å²) in [6.45, 7) is 3.78. The van der Waals surface area contributed by atoms with E-state index < -0.39 is 17.3 Å². The Morgan fingerprint density at radius 3 is 2.44 bits per heavy atom. The third-order valence-electron chi connectivity index (χ3n) is 6.02. The van der Waals surface area contributed by atoms with Crippen molar-refractivity contribution in [2.45, 2.75) is 32.8 Å². The monoisotopic (exact) mass is 521 g/mol. The van der Waals surface area contributed by atoms with Crippen molar-refractivity contribution in [3.8, 4) is 27.3 Å². The Morgan fingerprint density at radius 1 is 1.06 bits per heavy atom. The van der Waals surface area contributed by atoms with E-state index in [0.29, 0.717) is 16.3 Å². The van der Waals surface area contributed by atoms with Crippen LogP contribution in [-0.4, -0.2) is 12.1 Å². The second-order valence-electron chi connectivity index (χ2n) is 8.74. The molecule has 0 radical (unpaired) electrons. The summed E-state index contributed by atoms with van der Waals surface area (Å²) in [7, 11) is 0. The van der Waals surface area contributed by atoms with Crippen molar-refractivity contribution in [2.75, 3.05) is 5.32 Å².